The lowest BCUT2D eigenvalue weighted by Gasteiger charge is -2.43. The van der Waals surface area contributed by atoms with Gasteiger partial charge >= 0.3 is 0 Å². The molecule has 1 aliphatic carbocycles. The molecule has 8 heteroatoms. The van der Waals surface area contributed by atoms with E-state index in [4.69, 9.17) is 0 Å². The van der Waals surface area contributed by atoms with Crippen LogP contribution in [0.4, 0.5) is 11.4 Å². The van der Waals surface area contributed by atoms with Crippen molar-refractivity contribution in [1.82, 2.24) is 4.90 Å². The Labute approximate surface area is 202 Å². The second kappa shape index (κ2) is 9.41. The Morgan fingerprint density at radius 2 is 1.68 bits per heavy atom. The van der Waals surface area contributed by atoms with E-state index in [1.54, 1.807) is 38.1 Å². The fourth-order valence-electron chi connectivity index (χ4n) is 5.46. The molecule has 0 radical (unpaired) electrons. The summed E-state index contributed by atoms with van der Waals surface area (Å²) in [6.07, 6.45) is 3.98. The van der Waals surface area contributed by atoms with E-state index in [2.05, 4.69) is 5.32 Å². The number of carbonyl (C=O) groups is 2. The maximum Gasteiger partial charge on any atom is 0.269 e. The van der Waals surface area contributed by atoms with Crippen molar-refractivity contribution in [3.05, 3.63) is 53.1 Å². The number of amides is 2. The quantitative estimate of drug-likeness (QED) is 0.678. The minimum Gasteiger partial charge on any atom is -0.321 e. The van der Waals surface area contributed by atoms with E-state index in [0.29, 0.717) is 29.0 Å². The molecule has 1 N–H and O–H groups in total. The highest BCUT2D eigenvalue weighted by Gasteiger charge is 2.46. The highest BCUT2D eigenvalue weighted by molar-refractivity contribution is 7.93. The topological polar surface area (TPSA) is 86.8 Å². The zero-order valence-electron chi connectivity index (χ0n) is 20.3. The molecule has 2 aliphatic rings. The first-order valence-corrected chi connectivity index (χ1v) is 13.3. The molecule has 0 saturated heterocycles. The molecular formula is C26H33N3O4S. The van der Waals surface area contributed by atoms with Gasteiger partial charge in [-0.15, -0.1) is 0 Å². The lowest BCUT2D eigenvalue weighted by molar-refractivity contribution is -0.137. The van der Waals surface area contributed by atoms with E-state index in [9.17, 15) is 18.0 Å². The smallest absolute Gasteiger partial charge is 0.269 e. The number of benzene rings is 2. The van der Waals surface area contributed by atoms with Crippen LogP contribution in [0.1, 0.15) is 55.7 Å². The number of carbonyl (C=O) groups excluding carboxylic acids is 2. The van der Waals surface area contributed by atoms with Gasteiger partial charge in [-0.25, -0.2) is 12.7 Å². The summed E-state index contributed by atoms with van der Waals surface area (Å²) < 4.78 is 29.7. The zero-order valence-corrected chi connectivity index (χ0v) is 21.1. The molecule has 0 bridgehead atoms. The van der Waals surface area contributed by atoms with Gasteiger partial charge in [-0.3, -0.25) is 9.59 Å². The number of anilines is 2. The average Bonchev–Trinajstić information content (AvgIpc) is 2.76. The second-order valence-electron chi connectivity index (χ2n) is 9.58. The molecule has 1 saturated carbocycles. The van der Waals surface area contributed by atoms with Gasteiger partial charge in [0.05, 0.1) is 16.3 Å². The van der Waals surface area contributed by atoms with E-state index >= 15 is 0 Å². The first-order valence-electron chi connectivity index (χ1n) is 11.9. The molecule has 1 heterocycles. The molecule has 0 unspecified atom stereocenters. The second-order valence-corrected chi connectivity index (χ2v) is 11.3. The zero-order chi connectivity index (χ0) is 24.6. The summed E-state index contributed by atoms with van der Waals surface area (Å²) in [7, 11) is -4.18. The van der Waals surface area contributed by atoms with Crippen LogP contribution in [0.5, 0.6) is 0 Å². The summed E-state index contributed by atoms with van der Waals surface area (Å²) in [5.41, 5.74) is 2.96. The predicted octanol–water partition coefficient (Wildman–Crippen LogP) is 4.51. The molecule has 1 fully saturated rings. The van der Waals surface area contributed by atoms with E-state index in [-0.39, 0.29) is 16.7 Å². The molecule has 4 rings (SSSR count). The summed E-state index contributed by atoms with van der Waals surface area (Å²) in [6, 6.07) is 10.5. The maximum absolute atomic E-state index is 14.3. The first-order chi connectivity index (χ1) is 16.1. The summed E-state index contributed by atoms with van der Waals surface area (Å²) in [5.74, 6) is -0.589. The molecule has 0 spiro atoms. The van der Waals surface area contributed by atoms with Crippen molar-refractivity contribution in [1.29, 1.82) is 0 Å². The Bertz CT molecular complexity index is 1200. The number of nitrogens with zero attached hydrogens (tertiary/aromatic N) is 2. The van der Waals surface area contributed by atoms with Gasteiger partial charge in [-0.05, 0) is 62.8 Å². The van der Waals surface area contributed by atoms with E-state index in [1.165, 1.54) is 18.2 Å². The minimum absolute atomic E-state index is 0.175. The monoisotopic (exact) mass is 483 g/mol. The van der Waals surface area contributed by atoms with Crippen LogP contribution in [0.2, 0.25) is 0 Å². The average molecular weight is 484 g/mol. The van der Waals surface area contributed by atoms with Crippen LogP contribution in [0.3, 0.4) is 0 Å². The molecule has 1 aliphatic heterocycles. The van der Waals surface area contributed by atoms with Gasteiger partial charge in [0.2, 0.25) is 5.91 Å². The molecule has 34 heavy (non-hydrogen) atoms. The van der Waals surface area contributed by atoms with Crippen LogP contribution < -0.4 is 9.62 Å². The largest absolute Gasteiger partial charge is 0.321 e. The summed E-state index contributed by atoms with van der Waals surface area (Å²) in [4.78, 5) is 27.9. The standard InChI is InChI=1S/C26H33N3O4S/c1-17-14-18(2)24(19(3)15-17)34(32,33)29-23-13-9-8-12-22(23)27-25(31)26(29)28(20(4)30)16-21-10-6-5-7-11-21/h8-9,12-15,21,26H,5-7,10-11,16H2,1-4H3,(H,27,31)/t26-/m0/s1. The van der Waals surface area contributed by atoms with Gasteiger partial charge in [0.1, 0.15) is 0 Å². The van der Waals surface area contributed by atoms with Crippen LogP contribution in [0, 0.1) is 26.7 Å². The number of rotatable bonds is 5. The van der Waals surface area contributed by atoms with Gasteiger partial charge in [0, 0.05) is 13.5 Å². The molecule has 2 aromatic carbocycles. The van der Waals surface area contributed by atoms with Crippen molar-refractivity contribution in [2.75, 3.05) is 16.2 Å². The van der Waals surface area contributed by atoms with E-state index < -0.39 is 22.1 Å². The normalized spacial score (nSPS) is 18.9. The minimum atomic E-state index is -4.18. The predicted molar refractivity (Wildman–Crippen MR) is 133 cm³/mol. The number of hydrogen-bond donors (Lipinski definition) is 1. The summed E-state index contributed by atoms with van der Waals surface area (Å²) in [6.45, 7) is 7.22. The Kier molecular flexibility index (Phi) is 6.71. The number of sulfonamides is 1. The SMILES string of the molecule is CC(=O)N(CC1CCCCC1)[C@@H]1C(=O)Nc2ccccc2N1S(=O)(=O)c1c(C)cc(C)cc1C. The number of nitrogens with one attached hydrogen (secondary N) is 1. The van der Waals surface area contributed by atoms with Gasteiger partial charge < -0.3 is 10.2 Å². The summed E-state index contributed by atoms with van der Waals surface area (Å²) in [5, 5.41) is 2.84. The van der Waals surface area contributed by atoms with Crippen molar-refractivity contribution < 1.29 is 18.0 Å². The number of para-hydroxylation sites is 2. The van der Waals surface area contributed by atoms with Crippen molar-refractivity contribution in [3.8, 4) is 0 Å². The molecule has 2 aromatic rings. The van der Waals surface area contributed by atoms with Gasteiger partial charge in [0.25, 0.3) is 15.9 Å². The van der Waals surface area contributed by atoms with Gasteiger partial charge in [-0.1, -0.05) is 49.1 Å². The van der Waals surface area contributed by atoms with Crippen LogP contribution in [0.25, 0.3) is 0 Å². The highest BCUT2D eigenvalue weighted by Crippen LogP contribution is 2.39. The van der Waals surface area contributed by atoms with Crippen molar-refractivity contribution >= 4 is 33.2 Å². The molecule has 2 amide bonds. The molecule has 182 valence electrons. The molecule has 1 atom stereocenters. The van der Waals surface area contributed by atoms with Crippen LogP contribution in [-0.2, 0) is 19.6 Å². The fraction of sp³-hybridized carbons (Fsp3) is 0.462. The van der Waals surface area contributed by atoms with Crippen molar-refractivity contribution in [2.45, 2.75) is 70.9 Å². The lowest BCUT2D eigenvalue weighted by Crippen LogP contribution is -2.61. The van der Waals surface area contributed by atoms with E-state index in [1.807, 2.05) is 19.1 Å². The molecule has 0 aromatic heterocycles. The van der Waals surface area contributed by atoms with Gasteiger partial charge in [0.15, 0.2) is 6.17 Å². The number of hydrogen-bond acceptors (Lipinski definition) is 4. The number of fused-ring (bicyclic) bond motifs is 1. The lowest BCUT2D eigenvalue weighted by atomic mass is 9.88. The highest BCUT2D eigenvalue weighted by atomic mass is 32.2. The molecule has 7 nitrogen and oxygen atoms in total. The maximum atomic E-state index is 14.3. The first kappa shape index (κ1) is 24.3. The third kappa shape index (κ3) is 4.43. The van der Waals surface area contributed by atoms with Crippen LogP contribution >= 0.6 is 0 Å². The summed E-state index contributed by atoms with van der Waals surface area (Å²) >= 11 is 0. The van der Waals surface area contributed by atoms with Crippen LogP contribution in [-0.4, -0.2) is 37.8 Å². The van der Waals surface area contributed by atoms with Crippen molar-refractivity contribution in [3.63, 3.8) is 0 Å². The number of aryl methyl sites for hydroxylation is 3. The Morgan fingerprint density at radius 3 is 2.29 bits per heavy atom. The Hall–Kier alpha value is -2.87. The third-order valence-corrected chi connectivity index (χ3v) is 8.93. The Morgan fingerprint density at radius 1 is 1.06 bits per heavy atom. The van der Waals surface area contributed by atoms with Crippen LogP contribution in [0.15, 0.2) is 41.3 Å². The van der Waals surface area contributed by atoms with Gasteiger partial charge in [-0.2, -0.15) is 0 Å². The van der Waals surface area contributed by atoms with E-state index in [0.717, 1.165) is 35.6 Å². The third-order valence-electron chi connectivity index (χ3n) is 6.86. The molecular weight excluding hydrogens is 450 g/mol. The fourth-order valence-corrected chi connectivity index (χ4v) is 7.48. The Balaban J connectivity index is 1.88. The van der Waals surface area contributed by atoms with Crippen molar-refractivity contribution in [2.24, 2.45) is 5.92 Å².